The van der Waals surface area contributed by atoms with Crippen molar-refractivity contribution in [2.75, 3.05) is 32.8 Å². The Labute approximate surface area is 121 Å². The molecule has 3 atom stereocenters. The van der Waals surface area contributed by atoms with Gasteiger partial charge in [0.25, 0.3) is 0 Å². The van der Waals surface area contributed by atoms with Gasteiger partial charge < -0.3 is 20.1 Å². The van der Waals surface area contributed by atoms with Crippen LogP contribution in [0.5, 0.6) is 0 Å². The number of ether oxygens (including phenoxy) is 2. The van der Waals surface area contributed by atoms with Crippen LogP contribution in [-0.4, -0.2) is 51.0 Å². The highest BCUT2D eigenvalue weighted by atomic mass is 16.5. The topological polar surface area (TPSA) is 59.6 Å². The molecule has 5 nitrogen and oxygen atoms in total. The van der Waals surface area contributed by atoms with Gasteiger partial charge in [-0.1, -0.05) is 0 Å². The molecular weight excluding hydrogens is 256 g/mol. The summed E-state index contributed by atoms with van der Waals surface area (Å²) in [4.78, 5) is 12.0. The van der Waals surface area contributed by atoms with Crippen LogP contribution in [0.3, 0.4) is 0 Å². The molecule has 2 fully saturated rings. The summed E-state index contributed by atoms with van der Waals surface area (Å²) in [5.41, 5.74) is 0. The van der Waals surface area contributed by atoms with Crippen molar-refractivity contribution < 1.29 is 14.3 Å². The van der Waals surface area contributed by atoms with Crippen LogP contribution < -0.4 is 10.6 Å². The summed E-state index contributed by atoms with van der Waals surface area (Å²) in [6, 6.07) is 0. The van der Waals surface area contributed by atoms with Crippen molar-refractivity contribution in [2.45, 2.75) is 51.2 Å². The van der Waals surface area contributed by atoms with Crippen LogP contribution in [0.25, 0.3) is 0 Å². The van der Waals surface area contributed by atoms with E-state index in [1.807, 2.05) is 6.92 Å². The second kappa shape index (κ2) is 8.60. The van der Waals surface area contributed by atoms with Gasteiger partial charge in [0.1, 0.15) is 6.10 Å². The van der Waals surface area contributed by atoms with Crippen molar-refractivity contribution in [1.29, 1.82) is 0 Å². The van der Waals surface area contributed by atoms with E-state index in [1.54, 1.807) is 0 Å². The number of piperidine rings is 1. The van der Waals surface area contributed by atoms with E-state index in [-0.39, 0.29) is 12.0 Å². The summed E-state index contributed by atoms with van der Waals surface area (Å²) in [6.45, 7) is 6.02. The van der Waals surface area contributed by atoms with Crippen LogP contribution >= 0.6 is 0 Å². The third-order valence-corrected chi connectivity index (χ3v) is 4.14. The average Bonchev–Trinajstić information content (AvgIpc) is 2.52. The zero-order chi connectivity index (χ0) is 14.2. The van der Waals surface area contributed by atoms with Crippen LogP contribution in [0.2, 0.25) is 0 Å². The molecule has 0 aromatic rings. The molecule has 0 radical (unpaired) electrons. The Morgan fingerprint density at radius 1 is 1.40 bits per heavy atom. The van der Waals surface area contributed by atoms with Crippen LogP contribution in [0.15, 0.2) is 0 Å². The summed E-state index contributed by atoms with van der Waals surface area (Å²) in [5, 5.41) is 6.35. The fraction of sp³-hybridized carbons (Fsp3) is 0.933. The fourth-order valence-electron chi connectivity index (χ4n) is 2.75. The number of hydrogen-bond acceptors (Lipinski definition) is 4. The van der Waals surface area contributed by atoms with Gasteiger partial charge in [0, 0.05) is 13.2 Å². The van der Waals surface area contributed by atoms with Crippen LogP contribution in [0.4, 0.5) is 0 Å². The minimum absolute atomic E-state index is 0.00798. The molecule has 0 aromatic heterocycles. The molecule has 0 saturated carbocycles. The second-order valence-electron chi connectivity index (χ2n) is 5.92. The van der Waals surface area contributed by atoms with Crippen LogP contribution in [0.1, 0.15) is 39.0 Å². The number of carbonyl (C=O) groups is 1. The Kier molecular flexibility index (Phi) is 6.76. The standard InChI is InChI=1S/C15H28N2O3/c1-12(20-11-14-6-2-3-8-19-14)15(18)17-10-13-5-4-7-16-9-13/h12-14,16H,2-11H2,1H3,(H,17,18). The molecular formula is C15H28N2O3. The number of hydrogen-bond donors (Lipinski definition) is 2. The van der Waals surface area contributed by atoms with Crippen molar-refractivity contribution in [3.63, 3.8) is 0 Å². The lowest BCUT2D eigenvalue weighted by Crippen LogP contribution is -2.42. The highest BCUT2D eigenvalue weighted by Gasteiger charge is 2.20. The molecule has 0 aliphatic carbocycles. The van der Waals surface area contributed by atoms with E-state index >= 15 is 0 Å². The van der Waals surface area contributed by atoms with Crippen molar-refractivity contribution in [2.24, 2.45) is 5.92 Å². The Morgan fingerprint density at radius 3 is 3.00 bits per heavy atom. The molecule has 1 amide bonds. The zero-order valence-electron chi connectivity index (χ0n) is 12.5. The molecule has 2 N–H and O–H groups in total. The maximum atomic E-state index is 12.0. The lowest BCUT2D eigenvalue weighted by molar-refractivity contribution is -0.135. The van der Waals surface area contributed by atoms with E-state index in [1.165, 1.54) is 19.3 Å². The smallest absolute Gasteiger partial charge is 0.248 e. The third-order valence-electron chi connectivity index (χ3n) is 4.14. The molecule has 2 rings (SSSR count). The maximum Gasteiger partial charge on any atom is 0.248 e. The van der Waals surface area contributed by atoms with Gasteiger partial charge in [-0.2, -0.15) is 0 Å². The summed E-state index contributed by atoms with van der Waals surface area (Å²) in [5.74, 6) is 0.549. The van der Waals surface area contributed by atoms with E-state index in [0.29, 0.717) is 12.5 Å². The number of carbonyl (C=O) groups excluding carboxylic acids is 1. The largest absolute Gasteiger partial charge is 0.376 e. The molecule has 0 aromatic carbocycles. The van der Waals surface area contributed by atoms with Crippen LogP contribution in [0, 0.1) is 5.92 Å². The predicted octanol–water partition coefficient (Wildman–Crippen LogP) is 1.08. The Bertz CT molecular complexity index is 287. The second-order valence-corrected chi connectivity index (χ2v) is 5.92. The molecule has 2 aliphatic heterocycles. The van der Waals surface area contributed by atoms with Crippen molar-refractivity contribution >= 4 is 5.91 Å². The third kappa shape index (κ3) is 5.38. The number of rotatable bonds is 6. The Balaban J connectivity index is 1.58. The van der Waals surface area contributed by atoms with E-state index in [2.05, 4.69) is 10.6 Å². The Morgan fingerprint density at radius 2 is 2.30 bits per heavy atom. The molecule has 116 valence electrons. The quantitative estimate of drug-likeness (QED) is 0.766. The molecule has 0 bridgehead atoms. The predicted molar refractivity (Wildman–Crippen MR) is 77.6 cm³/mol. The van der Waals surface area contributed by atoms with Gasteiger partial charge in [-0.05, 0) is 58.0 Å². The maximum absolute atomic E-state index is 12.0. The minimum atomic E-state index is -0.392. The monoisotopic (exact) mass is 284 g/mol. The normalized spacial score (nSPS) is 28.9. The van der Waals surface area contributed by atoms with Gasteiger partial charge in [0.15, 0.2) is 0 Å². The first-order valence-corrected chi connectivity index (χ1v) is 7.97. The van der Waals surface area contributed by atoms with Crippen molar-refractivity contribution in [3.8, 4) is 0 Å². The molecule has 2 saturated heterocycles. The lowest BCUT2D eigenvalue weighted by Gasteiger charge is -2.25. The number of nitrogens with one attached hydrogen (secondary N) is 2. The molecule has 3 unspecified atom stereocenters. The first-order valence-electron chi connectivity index (χ1n) is 7.97. The van der Waals surface area contributed by atoms with Crippen molar-refractivity contribution in [3.05, 3.63) is 0 Å². The lowest BCUT2D eigenvalue weighted by atomic mass is 10.00. The van der Waals surface area contributed by atoms with Gasteiger partial charge in [-0.3, -0.25) is 4.79 Å². The summed E-state index contributed by atoms with van der Waals surface area (Å²) in [7, 11) is 0. The van der Waals surface area contributed by atoms with Gasteiger partial charge in [0.2, 0.25) is 5.91 Å². The molecule has 0 spiro atoms. The van der Waals surface area contributed by atoms with Crippen molar-refractivity contribution in [1.82, 2.24) is 10.6 Å². The summed E-state index contributed by atoms with van der Waals surface area (Å²) in [6.07, 6.45) is 5.55. The zero-order valence-corrected chi connectivity index (χ0v) is 12.5. The van der Waals surface area contributed by atoms with E-state index in [9.17, 15) is 4.79 Å². The number of amides is 1. The Hall–Kier alpha value is -0.650. The average molecular weight is 284 g/mol. The molecule has 20 heavy (non-hydrogen) atoms. The van der Waals surface area contributed by atoms with E-state index in [0.717, 1.165) is 39.1 Å². The molecule has 2 heterocycles. The minimum Gasteiger partial charge on any atom is -0.376 e. The van der Waals surface area contributed by atoms with Gasteiger partial charge in [-0.25, -0.2) is 0 Å². The highest BCUT2D eigenvalue weighted by molar-refractivity contribution is 5.80. The van der Waals surface area contributed by atoms with Crippen LogP contribution in [-0.2, 0) is 14.3 Å². The first kappa shape index (κ1) is 15.7. The summed E-state index contributed by atoms with van der Waals surface area (Å²) < 4.78 is 11.2. The highest BCUT2D eigenvalue weighted by Crippen LogP contribution is 2.13. The van der Waals surface area contributed by atoms with E-state index in [4.69, 9.17) is 9.47 Å². The molecule has 2 aliphatic rings. The molecule has 5 heteroatoms. The SMILES string of the molecule is CC(OCC1CCCCO1)C(=O)NCC1CCCNC1. The summed E-state index contributed by atoms with van der Waals surface area (Å²) >= 11 is 0. The fourth-order valence-corrected chi connectivity index (χ4v) is 2.75. The first-order chi connectivity index (χ1) is 9.75. The van der Waals surface area contributed by atoms with E-state index < -0.39 is 6.10 Å². The van der Waals surface area contributed by atoms with Gasteiger partial charge in [-0.15, -0.1) is 0 Å². The van der Waals surface area contributed by atoms with Gasteiger partial charge in [0.05, 0.1) is 12.7 Å². The van der Waals surface area contributed by atoms with Gasteiger partial charge >= 0.3 is 0 Å².